The van der Waals surface area contributed by atoms with Crippen molar-refractivity contribution >= 4 is 11.9 Å². The molecule has 0 bridgehead atoms. The van der Waals surface area contributed by atoms with Crippen LogP contribution in [0.1, 0.15) is 45.3 Å². The van der Waals surface area contributed by atoms with Gasteiger partial charge in [0.25, 0.3) is 5.91 Å². The third-order valence-electron chi connectivity index (χ3n) is 4.92. The Labute approximate surface area is 152 Å². The second kappa shape index (κ2) is 8.10. The van der Waals surface area contributed by atoms with Crippen LogP contribution in [0.25, 0.3) is 0 Å². The molecule has 6 nitrogen and oxygen atoms in total. The molecule has 2 aromatic rings. The second-order valence-corrected chi connectivity index (χ2v) is 6.69. The van der Waals surface area contributed by atoms with E-state index in [1.165, 1.54) is 23.9 Å². The molecule has 2 heterocycles. The van der Waals surface area contributed by atoms with Gasteiger partial charge in [0.2, 0.25) is 0 Å². The van der Waals surface area contributed by atoms with Crippen molar-refractivity contribution in [2.45, 2.75) is 18.9 Å². The Morgan fingerprint density at radius 1 is 1.23 bits per heavy atom. The van der Waals surface area contributed by atoms with Crippen molar-refractivity contribution in [1.82, 2.24) is 15.2 Å². The van der Waals surface area contributed by atoms with Gasteiger partial charge in [-0.1, -0.05) is 30.3 Å². The summed E-state index contributed by atoms with van der Waals surface area (Å²) in [6, 6.07) is 13.5. The molecule has 0 spiro atoms. The SMILES string of the molecule is CN1CCC[C@@H](CNC(=O)c2ccc(C(=O)O)nc2)[C@@H]1c1ccccc1. The number of aromatic carboxylic acids is 1. The van der Waals surface area contributed by atoms with Gasteiger partial charge in [0.05, 0.1) is 5.56 Å². The van der Waals surface area contributed by atoms with Crippen molar-refractivity contribution in [3.8, 4) is 0 Å². The van der Waals surface area contributed by atoms with Crippen molar-refractivity contribution in [3.63, 3.8) is 0 Å². The minimum absolute atomic E-state index is 0.0698. The highest BCUT2D eigenvalue weighted by Gasteiger charge is 2.30. The van der Waals surface area contributed by atoms with Gasteiger partial charge in [0.1, 0.15) is 5.69 Å². The van der Waals surface area contributed by atoms with Crippen LogP contribution in [0.15, 0.2) is 48.7 Å². The first-order valence-electron chi connectivity index (χ1n) is 8.79. The van der Waals surface area contributed by atoms with Gasteiger partial charge < -0.3 is 10.4 Å². The Morgan fingerprint density at radius 3 is 2.65 bits per heavy atom. The maximum Gasteiger partial charge on any atom is 0.354 e. The predicted molar refractivity (Wildman–Crippen MR) is 98.1 cm³/mol. The molecule has 136 valence electrons. The normalized spacial score (nSPS) is 20.5. The van der Waals surface area contributed by atoms with Gasteiger partial charge in [-0.2, -0.15) is 0 Å². The number of nitrogens with zero attached hydrogens (tertiary/aromatic N) is 2. The zero-order valence-corrected chi connectivity index (χ0v) is 14.8. The molecule has 2 atom stereocenters. The molecule has 0 aliphatic carbocycles. The standard InChI is InChI=1S/C20H23N3O3/c1-23-11-5-8-15(18(23)14-6-3-2-4-7-14)12-22-19(24)16-9-10-17(20(25)26)21-13-16/h2-4,6-7,9-10,13,15,18H,5,8,11-12H2,1H3,(H,22,24)(H,25,26)/t15-,18-/m0/s1. The Hall–Kier alpha value is -2.73. The van der Waals surface area contributed by atoms with Crippen molar-refractivity contribution < 1.29 is 14.7 Å². The Kier molecular flexibility index (Phi) is 5.63. The first kappa shape index (κ1) is 18.1. The number of amides is 1. The molecule has 3 rings (SSSR count). The monoisotopic (exact) mass is 353 g/mol. The molecule has 6 heteroatoms. The van der Waals surface area contributed by atoms with E-state index in [-0.39, 0.29) is 17.6 Å². The number of aromatic nitrogens is 1. The number of rotatable bonds is 5. The Bertz CT molecular complexity index is 762. The van der Waals surface area contributed by atoms with Gasteiger partial charge in [-0.05, 0) is 50.0 Å². The molecule has 1 aromatic carbocycles. The maximum absolute atomic E-state index is 12.4. The van der Waals surface area contributed by atoms with E-state index in [1.807, 2.05) is 18.2 Å². The number of hydrogen-bond acceptors (Lipinski definition) is 4. The third-order valence-corrected chi connectivity index (χ3v) is 4.92. The molecule has 0 radical (unpaired) electrons. The van der Waals surface area contributed by atoms with Crippen LogP contribution in [0.3, 0.4) is 0 Å². The lowest BCUT2D eigenvalue weighted by Crippen LogP contribution is -2.41. The fraction of sp³-hybridized carbons (Fsp3) is 0.350. The molecular weight excluding hydrogens is 330 g/mol. The summed E-state index contributed by atoms with van der Waals surface area (Å²) in [5, 5.41) is 11.9. The van der Waals surface area contributed by atoms with Crippen molar-refractivity contribution in [3.05, 3.63) is 65.5 Å². The highest BCUT2D eigenvalue weighted by Crippen LogP contribution is 2.34. The van der Waals surface area contributed by atoms with Crippen molar-refractivity contribution in [2.75, 3.05) is 20.1 Å². The van der Waals surface area contributed by atoms with Gasteiger partial charge in [-0.15, -0.1) is 0 Å². The van der Waals surface area contributed by atoms with Crippen LogP contribution < -0.4 is 5.32 Å². The Balaban J connectivity index is 1.66. The number of carbonyl (C=O) groups is 2. The number of hydrogen-bond donors (Lipinski definition) is 2. The topological polar surface area (TPSA) is 82.5 Å². The largest absolute Gasteiger partial charge is 0.477 e. The summed E-state index contributed by atoms with van der Waals surface area (Å²) in [5.74, 6) is -1.01. The maximum atomic E-state index is 12.4. The van der Waals surface area contributed by atoms with Crippen LogP contribution in [0.2, 0.25) is 0 Å². The van der Waals surface area contributed by atoms with Gasteiger partial charge in [-0.3, -0.25) is 9.69 Å². The summed E-state index contributed by atoms with van der Waals surface area (Å²) in [4.78, 5) is 29.4. The first-order chi connectivity index (χ1) is 12.6. The molecule has 0 unspecified atom stereocenters. The minimum Gasteiger partial charge on any atom is -0.477 e. The fourth-order valence-corrected chi connectivity index (χ4v) is 3.63. The fourth-order valence-electron chi connectivity index (χ4n) is 3.63. The molecular formula is C20H23N3O3. The van der Waals surface area contributed by atoms with E-state index in [2.05, 4.69) is 34.4 Å². The van der Waals surface area contributed by atoms with Crippen LogP contribution in [-0.4, -0.2) is 47.0 Å². The van der Waals surface area contributed by atoms with Gasteiger partial charge >= 0.3 is 5.97 Å². The average Bonchev–Trinajstić information content (AvgIpc) is 2.67. The van der Waals surface area contributed by atoms with E-state index in [4.69, 9.17) is 5.11 Å². The summed E-state index contributed by atoms with van der Waals surface area (Å²) >= 11 is 0. The molecule has 1 fully saturated rings. The lowest BCUT2D eigenvalue weighted by atomic mass is 9.85. The van der Waals surface area contributed by atoms with Crippen LogP contribution in [0, 0.1) is 5.92 Å². The highest BCUT2D eigenvalue weighted by atomic mass is 16.4. The summed E-state index contributed by atoms with van der Waals surface area (Å²) < 4.78 is 0. The molecule has 26 heavy (non-hydrogen) atoms. The lowest BCUT2D eigenvalue weighted by molar-refractivity contribution is 0.0689. The van der Waals surface area contributed by atoms with Crippen LogP contribution in [0.4, 0.5) is 0 Å². The minimum atomic E-state index is -1.10. The zero-order chi connectivity index (χ0) is 18.5. The number of carboxylic acids is 1. The number of benzene rings is 1. The molecule has 1 aromatic heterocycles. The van der Waals surface area contributed by atoms with Gasteiger partial charge in [-0.25, -0.2) is 9.78 Å². The van der Waals surface area contributed by atoms with E-state index >= 15 is 0 Å². The van der Waals surface area contributed by atoms with Crippen LogP contribution in [0.5, 0.6) is 0 Å². The van der Waals surface area contributed by atoms with Crippen molar-refractivity contribution in [1.29, 1.82) is 0 Å². The molecule has 2 N–H and O–H groups in total. The van der Waals surface area contributed by atoms with E-state index in [9.17, 15) is 9.59 Å². The van der Waals surface area contributed by atoms with E-state index in [1.54, 1.807) is 0 Å². The van der Waals surface area contributed by atoms with E-state index in [0.717, 1.165) is 19.4 Å². The first-order valence-corrected chi connectivity index (χ1v) is 8.79. The lowest BCUT2D eigenvalue weighted by Gasteiger charge is -2.39. The van der Waals surface area contributed by atoms with Gasteiger partial charge in [0, 0.05) is 18.8 Å². The number of piperidine rings is 1. The molecule has 0 saturated carbocycles. The number of carbonyl (C=O) groups excluding carboxylic acids is 1. The summed E-state index contributed by atoms with van der Waals surface area (Å²) in [5.41, 5.74) is 1.57. The average molecular weight is 353 g/mol. The number of likely N-dealkylation sites (tertiary alicyclic amines) is 1. The molecule has 1 aliphatic heterocycles. The quantitative estimate of drug-likeness (QED) is 0.863. The number of pyridine rings is 1. The number of carboxylic acid groups (broad SMARTS) is 1. The zero-order valence-electron chi connectivity index (χ0n) is 14.8. The second-order valence-electron chi connectivity index (χ2n) is 6.69. The Morgan fingerprint density at radius 2 is 2.00 bits per heavy atom. The summed E-state index contributed by atoms with van der Waals surface area (Å²) in [6.07, 6.45) is 3.47. The van der Waals surface area contributed by atoms with Crippen molar-refractivity contribution in [2.24, 2.45) is 5.92 Å². The molecule has 1 amide bonds. The number of nitrogens with one attached hydrogen (secondary N) is 1. The van der Waals surface area contributed by atoms with Crippen LogP contribution >= 0.6 is 0 Å². The van der Waals surface area contributed by atoms with Gasteiger partial charge in [0.15, 0.2) is 0 Å². The molecule has 1 aliphatic rings. The smallest absolute Gasteiger partial charge is 0.354 e. The third kappa shape index (κ3) is 4.08. The summed E-state index contributed by atoms with van der Waals surface area (Å²) in [7, 11) is 2.13. The van der Waals surface area contributed by atoms with Crippen LogP contribution in [-0.2, 0) is 0 Å². The summed E-state index contributed by atoms with van der Waals surface area (Å²) in [6.45, 7) is 1.62. The van der Waals surface area contributed by atoms with E-state index < -0.39 is 5.97 Å². The predicted octanol–water partition coefficient (Wildman–Crippen LogP) is 2.59. The highest BCUT2D eigenvalue weighted by molar-refractivity contribution is 5.94. The molecule has 1 saturated heterocycles. The van der Waals surface area contributed by atoms with E-state index in [0.29, 0.717) is 18.0 Å².